The number of nitrogens with zero attached hydrogens (tertiary/aromatic N) is 1. The lowest BCUT2D eigenvalue weighted by molar-refractivity contribution is -0.113. The molecular weight excluding hydrogens is 230 g/mol. The molecule has 0 saturated heterocycles. The van der Waals surface area contributed by atoms with E-state index < -0.39 is 0 Å². The Morgan fingerprint density at radius 2 is 1.72 bits per heavy atom. The smallest absolute Gasteiger partial charge is 0.198 e. The number of allylic oxidation sites excluding steroid dienone is 1. The van der Waals surface area contributed by atoms with E-state index in [1.165, 1.54) is 13.1 Å². The number of carbonyl (C=O) groups excluding carboxylic acids is 2. The van der Waals surface area contributed by atoms with Gasteiger partial charge in [-0.3, -0.25) is 9.59 Å². The molecule has 0 radical (unpaired) electrons. The van der Waals surface area contributed by atoms with Crippen LogP contribution in [-0.4, -0.2) is 37.7 Å². The van der Waals surface area contributed by atoms with Gasteiger partial charge in [0.05, 0.1) is 12.7 Å². The van der Waals surface area contributed by atoms with Crippen molar-refractivity contribution in [2.45, 2.75) is 6.92 Å². The second-order valence-corrected chi connectivity index (χ2v) is 4.12. The molecule has 0 fully saturated rings. The maximum atomic E-state index is 12.2. The van der Waals surface area contributed by atoms with Gasteiger partial charge in [-0.25, -0.2) is 0 Å². The van der Waals surface area contributed by atoms with Crippen LogP contribution < -0.4 is 4.74 Å². The van der Waals surface area contributed by atoms with Gasteiger partial charge in [0.15, 0.2) is 11.6 Å². The minimum Gasteiger partial charge on any atom is -0.497 e. The van der Waals surface area contributed by atoms with Crippen LogP contribution in [0.3, 0.4) is 0 Å². The van der Waals surface area contributed by atoms with Crippen LogP contribution in [0.1, 0.15) is 17.3 Å². The molecule has 0 N–H and O–H groups in total. The lowest BCUT2D eigenvalue weighted by Gasteiger charge is -2.09. The second kappa shape index (κ2) is 6.00. The molecule has 0 spiro atoms. The zero-order valence-electron chi connectivity index (χ0n) is 11.1. The van der Waals surface area contributed by atoms with Crippen molar-refractivity contribution in [3.8, 4) is 5.75 Å². The van der Waals surface area contributed by atoms with Crippen LogP contribution in [0.15, 0.2) is 36.0 Å². The minimum atomic E-state index is -0.279. The highest BCUT2D eigenvalue weighted by Crippen LogP contribution is 2.15. The van der Waals surface area contributed by atoms with E-state index in [1.807, 2.05) is 0 Å². The SMILES string of the molecule is COc1ccc(C(=O)C(=CN(C)C)C(C)=O)cc1. The van der Waals surface area contributed by atoms with E-state index >= 15 is 0 Å². The average molecular weight is 247 g/mol. The van der Waals surface area contributed by atoms with Gasteiger partial charge in [0.1, 0.15) is 5.75 Å². The van der Waals surface area contributed by atoms with Gasteiger partial charge in [0, 0.05) is 25.9 Å². The molecule has 0 aromatic heterocycles. The Bertz CT molecular complexity index is 472. The summed E-state index contributed by atoms with van der Waals surface area (Å²) < 4.78 is 5.02. The van der Waals surface area contributed by atoms with Crippen LogP contribution in [0.4, 0.5) is 0 Å². The van der Waals surface area contributed by atoms with Gasteiger partial charge in [-0.1, -0.05) is 0 Å². The van der Waals surface area contributed by atoms with E-state index in [4.69, 9.17) is 4.74 Å². The molecule has 0 heterocycles. The van der Waals surface area contributed by atoms with Crippen molar-refractivity contribution in [2.24, 2.45) is 0 Å². The molecule has 0 aliphatic rings. The topological polar surface area (TPSA) is 46.6 Å². The lowest BCUT2D eigenvalue weighted by atomic mass is 10.0. The average Bonchev–Trinajstić information content (AvgIpc) is 2.34. The summed E-state index contributed by atoms with van der Waals surface area (Å²) in [6.45, 7) is 1.39. The van der Waals surface area contributed by atoms with E-state index in [0.717, 1.165) is 0 Å². The van der Waals surface area contributed by atoms with Crippen molar-refractivity contribution in [3.05, 3.63) is 41.6 Å². The van der Waals surface area contributed by atoms with Crippen molar-refractivity contribution < 1.29 is 14.3 Å². The van der Waals surface area contributed by atoms with Crippen molar-refractivity contribution in [2.75, 3.05) is 21.2 Å². The van der Waals surface area contributed by atoms with E-state index in [0.29, 0.717) is 11.3 Å². The highest BCUT2D eigenvalue weighted by molar-refractivity contribution is 6.25. The van der Waals surface area contributed by atoms with E-state index in [1.54, 1.807) is 50.4 Å². The summed E-state index contributed by atoms with van der Waals surface area (Å²) >= 11 is 0. The fourth-order valence-electron chi connectivity index (χ4n) is 1.47. The van der Waals surface area contributed by atoms with Gasteiger partial charge in [-0.2, -0.15) is 0 Å². The van der Waals surface area contributed by atoms with Crippen LogP contribution in [0.2, 0.25) is 0 Å². The van der Waals surface area contributed by atoms with Gasteiger partial charge in [0.2, 0.25) is 0 Å². The van der Waals surface area contributed by atoms with Crippen LogP contribution >= 0.6 is 0 Å². The van der Waals surface area contributed by atoms with Gasteiger partial charge in [-0.05, 0) is 31.2 Å². The Labute approximate surface area is 107 Å². The molecule has 0 atom stereocenters. The predicted molar refractivity (Wildman–Crippen MR) is 69.8 cm³/mol. The summed E-state index contributed by atoms with van der Waals surface area (Å²) in [6.07, 6.45) is 1.54. The Balaban J connectivity index is 3.06. The number of Topliss-reactive ketones (excluding diaryl/α,β-unsaturated/α-hetero) is 2. The first kappa shape index (κ1) is 14.0. The van der Waals surface area contributed by atoms with Crippen LogP contribution in [-0.2, 0) is 4.79 Å². The molecule has 0 saturated carbocycles. The number of benzene rings is 1. The third-order valence-corrected chi connectivity index (χ3v) is 2.36. The molecule has 1 aromatic rings. The molecule has 18 heavy (non-hydrogen) atoms. The molecule has 4 nitrogen and oxygen atoms in total. The standard InChI is InChI=1S/C14H17NO3/c1-10(16)13(9-15(2)3)14(17)11-5-7-12(18-4)8-6-11/h5-9H,1-4H3. The maximum Gasteiger partial charge on any atom is 0.198 e. The minimum absolute atomic E-state index is 0.171. The summed E-state index contributed by atoms with van der Waals surface area (Å²) in [6, 6.07) is 6.68. The lowest BCUT2D eigenvalue weighted by Crippen LogP contribution is -2.15. The Kier molecular flexibility index (Phi) is 4.66. The Hall–Kier alpha value is -2.10. The summed E-state index contributed by atoms with van der Waals surface area (Å²) in [5.41, 5.74) is 0.643. The first-order chi connectivity index (χ1) is 8.45. The zero-order valence-corrected chi connectivity index (χ0v) is 11.1. The Morgan fingerprint density at radius 3 is 2.11 bits per heavy atom. The fourth-order valence-corrected chi connectivity index (χ4v) is 1.47. The fraction of sp³-hybridized carbons (Fsp3) is 0.286. The summed E-state index contributed by atoms with van der Waals surface area (Å²) in [5, 5.41) is 0. The van der Waals surface area contributed by atoms with E-state index in [2.05, 4.69) is 0 Å². The quantitative estimate of drug-likeness (QED) is 0.345. The normalized spacial score (nSPS) is 11.0. The molecule has 1 aromatic carbocycles. The molecule has 96 valence electrons. The molecule has 1 rings (SSSR count). The molecule has 0 amide bonds. The highest BCUT2D eigenvalue weighted by atomic mass is 16.5. The molecular formula is C14H17NO3. The molecule has 0 aliphatic carbocycles. The van der Waals surface area contributed by atoms with Crippen molar-refractivity contribution in [1.29, 1.82) is 0 Å². The second-order valence-electron chi connectivity index (χ2n) is 4.12. The summed E-state index contributed by atoms with van der Waals surface area (Å²) in [5.74, 6) is 0.149. The summed E-state index contributed by atoms with van der Waals surface area (Å²) in [4.78, 5) is 25.3. The van der Waals surface area contributed by atoms with E-state index in [-0.39, 0.29) is 17.1 Å². The largest absolute Gasteiger partial charge is 0.497 e. The number of hydrogen-bond acceptors (Lipinski definition) is 4. The van der Waals surface area contributed by atoms with Crippen LogP contribution in [0, 0.1) is 0 Å². The van der Waals surface area contributed by atoms with Crippen LogP contribution in [0.25, 0.3) is 0 Å². The molecule has 0 bridgehead atoms. The van der Waals surface area contributed by atoms with Crippen LogP contribution in [0.5, 0.6) is 5.75 Å². The number of rotatable bonds is 5. The number of ether oxygens (including phenoxy) is 1. The van der Waals surface area contributed by atoms with Crippen molar-refractivity contribution >= 4 is 11.6 Å². The molecule has 0 aliphatic heterocycles. The first-order valence-electron chi connectivity index (χ1n) is 5.53. The number of ketones is 2. The van der Waals surface area contributed by atoms with Crippen molar-refractivity contribution in [3.63, 3.8) is 0 Å². The first-order valence-corrected chi connectivity index (χ1v) is 5.53. The number of methoxy groups -OCH3 is 1. The van der Waals surface area contributed by atoms with Gasteiger partial charge < -0.3 is 9.64 Å². The predicted octanol–water partition coefficient (Wildman–Crippen LogP) is 1.91. The Morgan fingerprint density at radius 1 is 1.17 bits per heavy atom. The number of hydrogen-bond donors (Lipinski definition) is 0. The number of carbonyl (C=O) groups is 2. The van der Waals surface area contributed by atoms with Gasteiger partial charge in [0.25, 0.3) is 0 Å². The monoisotopic (exact) mass is 247 g/mol. The summed E-state index contributed by atoms with van der Waals surface area (Å²) in [7, 11) is 5.10. The third kappa shape index (κ3) is 3.45. The van der Waals surface area contributed by atoms with E-state index in [9.17, 15) is 9.59 Å². The molecule has 0 unspecified atom stereocenters. The maximum absolute atomic E-state index is 12.2. The zero-order chi connectivity index (χ0) is 13.7. The van der Waals surface area contributed by atoms with Gasteiger partial charge >= 0.3 is 0 Å². The van der Waals surface area contributed by atoms with Gasteiger partial charge in [-0.15, -0.1) is 0 Å². The van der Waals surface area contributed by atoms with Crippen molar-refractivity contribution in [1.82, 2.24) is 4.90 Å². The molecule has 4 heteroatoms. The highest BCUT2D eigenvalue weighted by Gasteiger charge is 2.16. The third-order valence-electron chi connectivity index (χ3n) is 2.36.